The lowest BCUT2D eigenvalue weighted by Crippen LogP contribution is -2.75. The number of hydrogen-bond acceptors (Lipinski definition) is 8. The lowest BCUT2D eigenvalue weighted by Gasteiger charge is -2.07. The molecule has 1 aliphatic rings. The minimum Gasteiger partial charge on any atom is -0.454 e. The summed E-state index contributed by atoms with van der Waals surface area (Å²) < 4.78 is 16.6. The highest BCUT2D eigenvalue weighted by molar-refractivity contribution is 9.10. The number of hydrogen-bond donors (Lipinski definition) is 4. The van der Waals surface area contributed by atoms with Crippen molar-refractivity contribution in [1.82, 2.24) is 5.32 Å². The Morgan fingerprint density at radius 3 is 2.34 bits per heavy atom. The molecule has 0 saturated carbocycles. The molecule has 0 spiro atoms. The van der Waals surface area contributed by atoms with Crippen LogP contribution in [0.4, 0.5) is 5.69 Å². The van der Waals surface area contributed by atoms with Crippen LogP contribution < -0.4 is 30.7 Å². The van der Waals surface area contributed by atoms with E-state index in [1.54, 1.807) is 104 Å². The molecule has 5 rings (SSSR count). The summed E-state index contributed by atoms with van der Waals surface area (Å²) in [5.74, 6) is -0.0356. The maximum atomic E-state index is 12.1. The molecule has 0 bridgehead atoms. The van der Waals surface area contributed by atoms with E-state index in [-0.39, 0.29) is 12.5 Å². The number of rotatable bonds is 9. The number of benzene rings is 4. The fraction of sp³-hybridized carbons (Fsp3) is 0.0625. The highest BCUT2D eigenvalue weighted by Crippen LogP contribution is 2.33. The van der Waals surface area contributed by atoms with Crippen molar-refractivity contribution < 1.29 is 38.9 Å². The zero-order valence-electron chi connectivity index (χ0n) is 23.4. The van der Waals surface area contributed by atoms with Crippen LogP contribution in [-0.4, -0.2) is 37.9 Å². The van der Waals surface area contributed by atoms with E-state index in [9.17, 15) is 14.4 Å². The molecule has 1 heterocycles. The molecule has 4 aromatic carbocycles. The standard InChI is InChI=1S/C17H14N2O4.C15H13BrN2O3/c18-16(20)13(19-17(21)12-4-2-1-3-5-12)8-11-6-7-14-15(9-11)23-10-22-14;1-20-18-13-5-2-10(3-6-13)15(19)21-14-7-4-12(16)8-11(14)9-17/h1-9H,10H2,(H2,18,20)(H,19,21);2-9,17-18H,1H3/p+1/b13-8+;. The first-order chi connectivity index (χ1) is 21.3. The molecule has 224 valence electrons. The first-order valence-electron chi connectivity index (χ1n) is 13.0. The predicted octanol–water partition coefficient (Wildman–Crippen LogP) is 4.09. The van der Waals surface area contributed by atoms with E-state index in [0.717, 1.165) is 16.4 Å². The van der Waals surface area contributed by atoms with Crippen LogP contribution in [0.25, 0.3) is 6.08 Å². The van der Waals surface area contributed by atoms with E-state index in [0.29, 0.717) is 39.5 Å². The van der Waals surface area contributed by atoms with Crippen molar-refractivity contribution in [1.29, 1.82) is 5.41 Å². The van der Waals surface area contributed by atoms with Crippen molar-refractivity contribution >= 4 is 51.7 Å². The van der Waals surface area contributed by atoms with E-state index < -0.39 is 17.8 Å². The number of halogens is 1. The molecule has 4 aromatic rings. The Hall–Kier alpha value is -5.30. The summed E-state index contributed by atoms with van der Waals surface area (Å²) in [5, 5.41) is 9.87. The molecule has 0 unspecified atom stereocenters. The Balaban J connectivity index is 0.000000202. The van der Waals surface area contributed by atoms with Gasteiger partial charge in [0.25, 0.3) is 11.8 Å². The molecular formula is C32H28BrN4O7+. The summed E-state index contributed by atoms with van der Waals surface area (Å²) in [5.41, 5.74) is 9.84. The van der Waals surface area contributed by atoms with Crippen molar-refractivity contribution in [3.8, 4) is 17.2 Å². The Kier molecular flexibility index (Phi) is 11.0. The van der Waals surface area contributed by atoms with Gasteiger partial charge in [0.1, 0.15) is 11.4 Å². The highest BCUT2D eigenvalue weighted by atomic mass is 79.9. The number of quaternary nitrogens is 1. The smallest absolute Gasteiger partial charge is 0.343 e. The summed E-state index contributed by atoms with van der Waals surface area (Å²) in [4.78, 5) is 40.7. The summed E-state index contributed by atoms with van der Waals surface area (Å²) in [7, 11) is 1.56. The molecular weight excluding hydrogens is 632 g/mol. The molecule has 0 aromatic heterocycles. The highest BCUT2D eigenvalue weighted by Gasteiger charge is 2.16. The summed E-state index contributed by atoms with van der Waals surface area (Å²) in [6.07, 6.45) is 2.63. The van der Waals surface area contributed by atoms with Crippen molar-refractivity contribution in [2.24, 2.45) is 5.73 Å². The van der Waals surface area contributed by atoms with Gasteiger partial charge in [0.05, 0.1) is 12.7 Å². The lowest BCUT2D eigenvalue weighted by atomic mass is 10.1. The maximum Gasteiger partial charge on any atom is 0.343 e. The minimum atomic E-state index is -0.730. The van der Waals surface area contributed by atoms with Crippen molar-refractivity contribution in [3.05, 3.63) is 123 Å². The van der Waals surface area contributed by atoms with Crippen LogP contribution in [0.3, 0.4) is 0 Å². The van der Waals surface area contributed by atoms with Crippen LogP contribution in [0, 0.1) is 5.41 Å². The Morgan fingerprint density at radius 2 is 1.66 bits per heavy atom. The van der Waals surface area contributed by atoms with E-state index in [1.807, 2.05) is 0 Å². The number of nitrogens with one attached hydrogen (secondary N) is 2. The number of esters is 1. The van der Waals surface area contributed by atoms with Gasteiger partial charge in [0.2, 0.25) is 6.79 Å². The molecule has 6 N–H and O–H groups in total. The monoisotopic (exact) mass is 659 g/mol. The van der Waals surface area contributed by atoms with Gasteiger partial charge in [-0.25, -0.2) is 9.63 Å². The Morgan fingerprint density at radius 1 is 0.932 bits per heavy atom. The third-order valence-electron chi connectivity index (χ3n) is 5.99. The fourth-order valence-electron chi connectivity index (χ4n) is 3.84. The van der Waals surface area contributed by atoms with Gasteiger partial charge < -0.3 is 30.7 Å². The van der Waals surface area contributed by atoms with Crippen LogP contribution in [0.1, 0.15) is 31.8 Å². The predicted molar refractivity (Wildman–Crippen MR) is 166 cm³/mol. The van der Waals surface area contributed by atoms with Crippen LogP contribution >= 0.6 is 15.9 Å². The fourth-order valence-corrected chi connectivity index (χ4v) is 4.22. The van der Waals surface area contributed by atoms with Crippen molar-refractivity contribution in [2.75, 3.05) is 13.9 Å². The van der Waals surface area contributed by atoms with Gasteiger partial charge in [-0.15, -0.1) is 0 Å². The molecule has 2 amide bonds. The molecule has 0 aliphatic carbocycles. The average Bonchev–Trinajstić information content (AvgIpc) is 3.51. The normalized spacial score (nSPS) is 11.5. The molecule has 11 nitrogen and oxygen atoms in total. The van der Waals surface area contributed by atoms with Crippen LogP contribution in [0.15, 0.2) is 101 Å². The Bertz CT molecular complexity index is 1690. The third kappa shape index (κ3) is 8.61. The summed E-state index contributed by atoms with van der Waals surface area (Å²) in [6.45, 7) is 0.163. The zero-order valence-corrected chi connectivity index (χ0v) is 25.0. The van der Waals surface area contributed by atoms with E-state index in [2.05, 4.69) is 21.2 Å². The summed E-state index contributed by atoms with van der Waals surface area (Å²) >= 11 is 3.31. The number of nitrogens with two attached hydrogens (primary N) is 2. The second-order valence-corrected chi connectivity index (χ2v) is 9.96. The van der Waals surface area contributed by atoms with Gasteiger partial charge in [-0.2, -0.15) is 5.48 Å². The third-order valence-corrected chi connectivity index (χ3v) is 6.48. The SMILES string of the molecule is CO[NH2+]c1ccc(C(=O)Oc2ccc(Br)cc2C=N)cc1.NC(=O)/C(=C\c1ccc2c(c1)OCO2)NC(=O)c1ccccc1. The van der Waals surface area contributed by atoms with E-state index >= 15 is 0 Å². The van der Waals surface area contributed by atoms with Gasteiger partial charge in [-0.05, 0) is 66.2 Å². The topological polar surface area (TPSA) is 167 Å². The number of carbonyl (C=O) groups is 3. The van der Waals surface area contributed by atoms with Gasteiger partial charge in [-0.3, -0.25) is 9.59 Å². The number of primary amides is 1. The van der Waals surface area contributed by atoms with Crippen LogP contribution in [-0.2, 0) is 9.63 Å². The molecule has 0 fully saturated rings. The van der Waals surface area contributed by atoms with Gasteiger partial charge >= 0.3 is 5.97 Å². The number of ether oxygens (including phenoxy) is 3. The largest absolute Gasteiger partial charge is 0.454 e. The molecule has 0 atom stereocenters. The van der Waals surface area contributed by atoms with Gasteiger partial charge in [-0.1, -0.05) is 40.2 Å². The molecule has 44 heavy (non-hydrogen) atoms. The number of fused-ring (bicyclic) bond motifs is 1. The van der Waals surface area contributed by atoms with E-state index in [4.69, 9.17) is 30.2 Å². The quantitative estimate of drug-likeness (QED) is 0.0524. The second kappa shape index (κ2) is 15.3. The molecule has 0 radical (unpaired) electrons. The van der Waals surface area contributed by atoms with Crippen LogP contribution in [0.2, 0.25) is 0 Å². The second-order valence-electron chi connectivity index (χ2n) is 9.05. The molecule has 0 saturated heterocycles. The Labute approximate surface area is 261 Å². The maximum absolute atomic E-state index is 12.1. The minimum absolute atomic E-state index is 0.00211. The van der Waals surface area contributed by atoms with Crippen LogP contribution in [0.5, 0.6) is 17.2 Å². The first-order valence-corrected chi connectivity index (χ1v) is 13.8. The molecule has 1 aliphatic heterocycles. The average molecular weight is 661 g/mol. The number of carbonyl (C=O) groups excluding carboxylic acids is 3. The lowest BCUT2D eigenvalue weighted by molar-refractivity contribution is -0.830. The number of amides is 2. The van der Waals surface area contributed by atoms with Crippen molar-refractivity contribution in [3.63, 3.8) is 0 Å². The zero-order chi connectivity index (χ0) is 31.5. The van der Waals surface area contributed by atoms with Gasteiger partial charge in [0.15, 0.2) is 17.2 Å². The van der Waals surface area contributed by atoms with Crippen molar-refractivity contribution in [2.45, 2.75) is 0 Å². The van der Waals surface area contributed by atoms with Gasteiger partial charge in [0, 0.05) is 33.9 Å². The van der Waals surface area contributed by atoms with E-state index in [1.165, 1.54) is 6.08 Å². The first kappa shape index (κ1) is 31.6. The summed E-state index contributed by atoms with van der Waals surface area (Å²) in [6, 6.07) is 25.7. The molecule has 12 heteroatoms.